The number of aromatic nitrogens is 1. The highest BCUT2D eigenvalue weighted by Crippen LogP contribution is 2.29. The maximum atomic E-state index is 6.38. The van der Waals surface area contributed by atoms with Crippen LogP contribution in [0.25, 0.3) is 28.2 Å². The number of fused-ring (bicyclic) bond motifs is 1. The minimum Gasteiger partial charge on any atom is -0.326 e. The van der Waals surface area contributed by atoms with Gasteiger partial charge in [-0.05, 0) is 23.3 Å². The van der Waals surface area contributed by atoms with Gasteiger partial charge in [-0.25, -0.2) is 4.98 Å². The smallest absolute Gasteiger partial charge is 0.0730 e. The number of benzene rings is 2. The molecule has 0 saturated heterocycles. The lowest BCUT2D eigenvalue weighted by Crippen LogP contribution is -1.95. The van der Waals surface area contributed by atoms with Crippen LogP contribution in [0.2, 0.25) is 5.02 Å². The Bertz CT molecular complexity index is 807. The van der Waals surface area contributed by atoms with Crippen molar-refractivity contribution in [1.82, 2.24) is 4.98 Å². The molecule has 2 N–H and O–H groups in total. The first-order valence-corrected chi connectivity index (χ1v) is 7.11. The third-order valence-corrected chi connectivity index (χ3v) is 3.82. The van der Waals surface area contributed by atoms with E-state index in [0.29, 0.717) is 11.6 Å². The number of rotatable bonds is 3. The minimum atomic E-state index is 0.537. The van der Waals surface area contributed by atoms with Gasteiger partial charge in [-0.15, -0.1) is 0 Å². The second-order valence-electron chi connectivity index (χ2n) is 4.87. The number of nitrogens with zero attached hydrogens (tertiary/aromatic N) is 1. The summed E-state index contributed by atoms with van der Waals surface area (Å²) in [5.41, 5.74) is 10.5. The monoisotopic (exact) mass is 294 g/mol. The highest BCUT2D eigenvalue weighted by atomic mass is 35.5. The Labute approximate surface area is 128 Å². The van der Waals surface area contributed by atoms with Gasteiger partial charge >= 0.3 is 0 Å². The fourth-order valence-electron chi connectivity index (χ4n) is 2.29. The molecule has 3 heteroatoms. The molecule has 3 rings (SSSR count). The van der Waals surface area contributed by atoms with E-state index in [2.05, 4.69) is 6.58 Å². The molecule has 0 aliphatic carbocycles. The first-order chi connectivity index (χ1) is 10.2. The highest BCUT2D eigenvalue weighted by molar-refractivity contribution is 6.35. The van der Waals surface area contributed by atoms with E-state index in [4.69, 9.17) is 22.3 Å². The molecule has 0 aliphatic heterocycles. The number of halogens is 1. The predicted octanol–water partition coefficient (Wildman–Crippen LogP) is 4.66. The zero-order valence-electron chi connectivity index (χ0n) is 11.5. The lowest BCUT2D eigenvalue weighted by atomic mass is 10.1. The van der Waals surface area contributed by atoms with E-state index in [1.165, 1.54) is 0 Å². The lowest BCUT2D eigenvalue weighted by molar-refractivity contribution is 1.07. The standard InChI is InChI=1S/C18H15ClN2/c1-2-12-5-8-15-16(19)10-17(21-18(15)9-12)14-6-3-13(11-20)4-7-14/h2-10H,1,11,20H2. The van der Waals surface area contributed by atoms with Crippen LogP contribution in [0.4, 0.5) is 0 Å². The van der Waals surface area contributed by atoms with Crippen LogP contribution in [0.5, 0.6) is 0 Å². The van der Waals surface area contributed by atoms with Gasteiger partial charge in [0.15, 0.2) is 0 Å². The van der Waals surface area contributed by atoms with Gasteiger partial charge in [0.2, 0.25) is 0 Å². The third kappa shape index (κ3) is 2.68. The van der Waals surface area contributed by atoms with Crippen molar-refractivity contribution >= 4 is 28.6 Å². The van der Waals surface area contributed by atoms with E-state index in [-0.39, 0.29) is 0 Å². The molecule has 2 aromatic carbocycles. The third-order valence-electron chi connectivity index (χ3n) is 3.50. The molecule has 0 bridgehead atoms. The van der Waals surface area contributed by atoms with E-state index in [9.17, 15) is 0 Å². The van der Waals surface area contributed by atoms with E-state index >= 15 is 0 Å². The molecule has 0 saturated carbocycles. The summed E-state index contributed by atoms with van der Waals surface area (Å²) in [6, 6.07) is 15.9. The maximum Gasteiger partial charge on any atom is 0.0730 e. The molecule has 0 fully saturated rings. The van der Waals surface area contributed by atoms with Crippen molar-refractivity contribution in [3.05, 3.63) is 71.3 Å². The second-order valence-corrected chi connectivity index (χ2v) is 5.28. The maximum absolute atomic E-state index is 6.38. The molecule has 104 valence electrons. The van der Waals surface area contributed by atoms with Gasteiger partial charge in [-0.2, -0.15) is 0 Å². The quantitative estimate of drug-likeness (QED) is 0.763. The SMILES string of the molecule is C=Cc1ccc2c(Cl)cc(-c3ccc(CN)cc3)nc2c1. The summed E-state index contributed by atoms with van der Waals surface area (Å²) >= 11 is 6.38. The molecule has 0 aliphatic rings. The van der Waals surface area contributed by atoms with Crippen molar-refractivity contribution in [2.75, 3.05) is 0 Å². The van der Waals surface area contributed by atoms with Crippen molar-refractivity contribution in [3.8, 4) is 11.3 Å². The molecule has 0 atom stereocenters. The van der Waals surface area contributed by atoms with Gasteiger partial charge in [0, 0.05) is 17.5 Å². The predicted molar refractivity (Wildman–Crippen MR) is 90.2 cm³/mol. The number of pyridine rings is 1. The van der Waals surface area contributed by atoms with Crippen molar-refractivity contribution in [1.29, 1.82) is 0 Å². The fraction of sp³-hybridized carbons (Fsp3) is 0.0556. The van der Waals surface area contributed by atoms with Crippen molar-refractivity contribution in [2.24, 2.45) is 5.73 Å². The Morgan fingerprint density at radius 1 is 1.10 bits per heavy atom. The van der Waals surface area contributed by atoms with Crippen LogP contribution in [0.15, 0.2) is 55.1 Å². The van der Waals surface area contributed by atoms with Crippen LogP contribution in [0.3, 0.4) is 0 Å². The van der Waals surface area contributed by atoms with Gasteiger partial charge in [0.1, 0.15) is 0 Å². The van der Waals surface area contributed by atoms with Crippen molar-refractivity contribution in [3.63, 3.8) is 0 Å². The Kier molecular flexibility index (Phi) is 3.74. The first-order valence-electron chi connectivity index (χ1n) is 6.73. The van der Waals surface area contributed by atoms with E-state index in [1.807, 2.05) is 48.5 Å². The Morgan fingerprint density at radius 2 is 1.86 bits per heavy atom. The molecule has 0 spiro atoms. The minimum absolute atomic E-state index is 0.537. The molecule has 0 amide bonds. The summed E-state index contributed by atoms with van der Waals surface area (Å²) in [4.78, 5) is 4.71. The lowest BCUT2D eigenvalue weighted by Gasteiger charge is -2.07. The van der Waals surface area contributed by atoms with Gasteiger partial charge in [-0.3, -0.25) is 0 Å². The first kappa shape index (κ1) is 13.8. The average molecular weight is 295 g/mol. The molecule has 2 nitrogen and oxygen atoms in total. The van der Waals surface area contributed by atoms with Crippen LogP contribution in [0, 0.1) is 0 Å². The molecule has 21 heavy (non-hydrogen) atoms. The molecule has 3 aromatic rings. The second kappa shape index (κ2) is 5.68. The topological polar surface area (TPSA) is 38.9 Å². The van der Waals surface area contributed by atoms with E-state index < -0.39 is 0 Å². The fourth-order valence-corrected chi connectivity index (χ4v) is 2.55. The van der Waals surface area contributed by atoms with Gasteiger partial charge in [-0.1, -0.05) is 60.7 Å². The summed E-state index contributed by atoms with van der Waals surface area (Å²) in [6.07, 6.45) is 1.80. The van der Waals surface area contributed by atoms with Crippen molar-refractivity contribution in [2.45, 2.75) is 6.54 Å². The van der Waals surface area contributed by atoms with Gasteiger partial charge < -0.3 is 5.73 Å². The summed E-state index contributed by atoms with van der Waals surface area (Å²) in [5, 5.41) is 1.65. The van der Waals surface area contributed by atoms with Crippen LogP contribution >= 0.6 is 11.6 Å². The summed E-state index contributed by atoms with van der Waals surface area (Å²) < 4.78 is 0. The Morgan fingerprint density at radius 3 is 2.52 bits per heavy atom. The number of nitrogens with two attached hydrogens (primary N) is 1. The summed E-state index contributed by atoms with van der Waals surface area (Å²) in [5.74, 6) is 0. The van der Waals surface area contributed by atoms with E-state index in [1.54, 1.807) is 6.08 Å². The summed E-state index contributed by atoms with van der Waals surface area (Å²) in [7, 11) is 0. The molecule has 0 unspecified atom stereocenters. The number of hydrogen-bond acceptors (Lipinski definition) is 2. The van der Waals surface area contributed by atoms with E-state index in [0.717, 1.165) is 33.3 Å². The Hall–Kier alpha value is -2.16. The largest absolute Gasteiger partial charge is 0.326 e. The van der Waals surface area contributed by atoms with Crippen LogP contribution < -0.4 is 5.73 Å². The molecule has 1 aromatic heterocycles. The molecule has 0 radical (unpaired) electrons. The normalized spacial score (nSPS) is 10.8. The zero-order chi connectivity index (χ0) is 14.8. The van der Waals surface area contributed by atoms with Gasteiger partial charge in [0.25, 0.3) is 0 Å². The molecular weight excluding hydrogens is 280 g/mol. The van der Waals surface area contributed by atoms with Crippen LogP contribution in [0.1, 0.15) is 11.1 Å². The summed E-state index contributed by atoms with van der Waals surface area (Å²) in [6.45, 7) is 4.32. The molecular formula is C18H15ClN2. The Balaban J connectivity index is 2.15. The zero-order valence-corrected chi connectivity index (χ0v) is 12.3. The molecule has 1 heterocycles. The highest BCUT2D eigenvalue weighted by Gasteiger charge is 2.06. The van der Waals surface area contributed by atoms with Gasteiger partial charge in [0.05, 0.1) is 16.2 Å². The van der Waals surface area contributed by atoms with Crippen LogP contribution in [-0.4, -0.2) is 4.98 Å². The number of hydrogen-bond donors (Lipinski definition) is 1. The average Bonchev–Trinajstić information content (AvgIpc) is 2.54. The van der Waals surface area contributed by atoms with Crippen molar-refractivity contribution < 1.29 is 0 Å². The van der Waals surface area contributed by atoms with Crippen LogP contribution in [-0.2, 0) is 6.54 Å².